The Morgan fingerprint density at radius 2 is 2.33 bits per heavy atom. The average Bonchev–Trinajstić information content (AvgIpc) is 2.65. The number of nitrogens with zero attached hydrogens (tertiary/aromatic N) is 2. The highest BCUT2D eigenvalue weighted by Gasteiger charge is 2.07. The summed E-state index contributed by atoms with van der Waals surface area (Å²) in [6, 6.07) is 0. The van der Waals surface area contributed by atoms with E-state index in [9.17, 15) is 4.79 Å². The second-order valence-electron chi connectivity index (χ2n) is 3.55. The van der Waals surface area contributed by atoms with Crippen LogP contribution in [0, 0.1) is 0 Å². The summed E-state index contributed by atoms with van der Waals surface area (Å²) in [6.45, 7) is 6.67. The monoisotopic (exact) mass is 207 g/mol. The lowest BCUT2D eigenvalue weighted by Crippen LogP contribution is -2.12. The highest BCUT2D eigenvalue weighted by molar-refractivity contribution is 6.17. The Balaban J connectivity index is 2.56. The lowest BCUT2D eigenvalue weighted by atomic mass is 10.2. The second kappa shape index (κ2) is 5.34. The van der Waals surface area contributed by atoms with Crippen molar-refractivity contribution in [2.24, 2.45) is 5.73 Å². The van der Waals surface area contributed by atoms with Crippen LogP contribution in [0.4, 0.5) is 0 Å². The van der Waals surface area contributed by atoms with Gasteiger partial charge in [0.05, 0.1) is 17.6 Å². The van der Waals surface area contributed by atoms with Gasteiger partial charge in [0.2, 0.25) is 5.91 Å². The van der Waals surface area contributed by atoms with Crippen LogP contribution in [-0.4, -0.2) is 15.5 Å². The van der Waals surface area contributed by atoms with Gasteiger partial charge in [-0.3, -0.25) is 4.79 Å². The van der Waals surface area contributed by atoms with Gasteiger partial charge in [-0.15, -0.1) is 0 Å². The number of nitrogens with two attached hydrogens (primary N) is 1. The van der Waals surface area contributed by atoms with Gasteiger partial charge in [-0.2, -0.15) is 0 Å². The first-order chi connectivity index (χ1) is 7.15. The molecule has 4 heteroatoms. The average molecular weight is 207 g/mol. The normalized spacial score (nSPS) is 10.2. The van der Waals surface area contributed by atoms with E-state index in [0.29, 0.717) is 5.69 Å². The number of aryl methyl sites for hydroxylation is 1. The maximum Gasteiger partial charge on any atom is 0.250 e. The van der Waals surface area contributed by atoms with Gasteiger partial charge in [-0.05, 0) is 6.42 Å². The van der Waals surface area contributed by atoms with E-state index in [1.165, 1.54) is 12.8 Å². The summed E-state index contributed by atoms with van der Waals surface area (Å²) >= 11 is 0. The zero-order valence-corrected chi connectivity index (χ0v) is 9.07. The minimum absolute atomic E-state index is 0.268. The Morgan fingerprint density at radius 1 is 1.60 bits per heavy atom. The van der Waals surface area contributed by atoms with Gasteiger partial charge in [0.1, 0.15) is 0 Å². The zero-order chi connectivity index (χ0) is 11.3. The van der Waals surface area contributed by atoms with Crippen LogP contribution in [0.5, 0.6) is 0 Å². The van der Waals surface area contributed by atoms with Crippen LogP contribution in [0.1, 0.15) is 31.9 Å². The van der Waals surface area contributed by atoms with Crippen LogP contribution in [0.2, 0.25) is 0 Å². The molecule has 0 spiro atoms. The zero-order valence-electron chi connectivity index (χ0n) is 9.07. The minimum atomic E-state index is -0.520. The van der Waals surface area contributed by atoms with E-state index in [0.717, 1.165) is 13.0 Å². The smallest absolute Gasteiger partial charge is 0.250 e. The summed E-state index contributed by atoms with van der Waals surface area (Å²) in [4.78, 5) is 14.9. The van der Waals surface area contributed by atoms with Gasteiger partial charge in [0, 0.05) is 12.7 Å². The molecule has 1 heterocycles. The van der Waals surface area contributed by atoms with Gasteiger partial charge in [0.25, 0.3) is 0 Å². The van der Waals surface area contributed by atoms with E-state index < -0.39 is 5.91 Å². The number of amides is 1. The van der Waals surface area contributed by atoms with Gasteiger partial charge in [0.15, 0.2) is 0 Å². The van der Waals surface area contributed by atoms with Crippen molar-refractivity contribution in [3.63, 3.8) is 0 Å². The van der Waals surface area contributed by atoms with Crippen LogP contribution in [-0.2, 0) is 11.3 Å². The topological polar surface area (TPSA) is 60.9 Å². The standard InChI is InChI=1S/C11H17N3O/c1-3-4-5-6-14-7-10(13-8-14)9(2)11(12)15/h7-8H,2-6H2,1H3,(H2,12,15). The van der Waals surface area contributed by atoms with E-state index in [1.54, 1.807) is 6.33 Å². The number of hydrogen-bond acceptors (Lipinski definition) is 2. The Labute approximate surface area is 89.8 Å². The van der Waals surface area contributed by atoms with Gasteiger partial charge in [-0.1, -0.05) is 26.3 Å². The van der Waals surface area contributed by atoms with E-state index in [4.69, 9.17) is 5.73 Å². The first-order valence-electron chi connectivity index (χ1n) is 5.16. The second-order valence-corrected chi connectivity index (χ2v) is 3.55. The fraction of sp³-hybridized carbons (Fsp3) is 0.455. The molecule has 2 N–H and O–H groups in total. The largest absolute Gasteiger partial charge is 0.366 e. The Hall–Kier alpha value is -1.58. The van der Waals surface area contributed by atoms with Crippen molar-refractivity contribution < 1.29 is 4.79 Å². The highest BCUT2D eigenvalue weighted by Crippen LogP contribution is 2.09. The summed E-state index contributed by atoms with van der Waals surface area (Å²) in [7, 11) is 0. The lowest BCUT2D eigenvalue weighted by molar-refractivity contribution is -0.112. The van der Waals surface area contributed by atoms with Crippen LogP contribution >= 0.6 is 0 Å². The molecular formula is C11H17N3O. The maximum atomic E-state index is 10.8. The predicted octanol–water partition coefficient (Wildman–Crippen LogP) is 1.57. The third-order valence-corrected chi connectivity index (χ3v) is 2.26. The van der Waals surface area contributed by atoms with E-state index in [2.05, 4.69) is 18.5 Å². The number of aromatic nitrogens is 2. The Morgan fingerprint density at radius 3 is 2.93 bits per heavy atom. The van der Waals surface area contributed by atoms with Gasteiger partial charge >= 0.3 is 0 Å². The number of carbonyl (C=O) groups excluding carboxylic acids is 1. The van der Waals surface area contributed by atoms with E-state index >= 15 is 0 Å². The van der Waals surface area contributed by atoms with E-state index in [-0.39, 0.29) is 5.57 Å². The Bertz CT molecular complexity index is 354. The van der Waals surface area contributed by atoms with Crippen LogP contribution < -0.4 is 5.73 Å². The molecule has 1 aromatic heterocycles. The molecule has 1 aromatic rings. The molecule has 0 saturated carbocycles. The molecule has 82 valence electrons. The van der Waals surface area contributed by atoms with E-state index in [1.807, 2.05) is 10.8 Å². The number of hydrogen-bond donors (Lipinski definition) is 1. The minimum Gasteiger partial charge on any atom is -0.366 e. The van der Waals surface area contributed by atoms with Crippen LogP contribution in [0.3, 0.4) is 0 Å². The molecule has 0 saturated heterocycles. The molecule has 0 fully saturated rings. The molecule has 0 aliphatic heterocycles. The number of primary amides is 1. The summed E-state index contributed by atoms with van der Waals surface area (Å²) in [6.07, 6.45) is 7.02. The number of unbranched alkanes of at least 4 members (excludes halogenated alkanes) is 2. The fourth-order valence-electron chi connectivity index (χ4n) is 1.31. The molecule has 0 radical (unpaired) electrons. The molecule has 0 unspecified atom stereocenters. The molecule has 15 heavy (non-hydrogen) atoms. The summed E-state index contributed by atoms with van der Waals surface area (Å²) < 4.78 is 1.96. The third kappa shape index (κ3) is 3.23. The summed E-state index contributed by atoms with van der Waals surface area (Å²) in [5, 5.41) is 0. The molecule has 0 bridgehead atoms. The summed E-state index contributed by atoms with van der Waals surface area (Å²) in [5.41, 5.74) is 5.95. The fourth-order valence-corrected chi connectivity index (χ4v) is 1.31. The number of imidazole rings is 1. The van der Waals surface area contributed by atoms with Crippen LogP contribution in [0.25, 0.3) is 5.57 Å². The third-order valence-electron chi connectivity index (χ3n) is 2.26. The maximum absolute atomic E-state index is 10.8. The molecule has 0 aliphatic carbocycles. The Kier molecular flexibility index (Phi) is 4.09. The molecule has 0 atom stereocenters. The molecular weight excluding hydrogens is 190 g/mol. The first-order valence-corrected chi connectivity index (χ1v) is 5.16. The SMILES string of the molecule is C=C(C(N)=O)c1cn(CCCCC)cn1. The highest BCUT2D eigenvalue weighted by atomic mass is 16.1. The molecule has 0 aliphatic rings. The van der Waals surface area contributed by atoms with Crippen molar-refractivity contribution in [3.8, 4) is 0 Å². The molecule has 0 aromatic carbocycles. The molecule has 1 amide bonds. The van der Waals surface area contributed by atoms with Crippen molar-refractivity contribution in [3.05, 3.63) is 24.8 Å². The number of carbonyl (C=O) groups is 1. The first kappa shape index (κ1) is 11.5. The van der Waals surface area contributed by atoms with Crippen molar-refractivity contribution in [1.82, 2.24) is 9.55 Å². The van der Waals surface area contributed by atoms with Gasteiger partial charge < -0.3 is 10.3 Å². The van der Waals surface area contributed by atoms with Gasteiger partial charge in [-0.25, -0.2) is 4.98 Å². The molecule has 4 nitrogen and oxygen atoms in total. The lowest BCUT2D eigenvalue weighted by Gasteiger charge is -1.99. The number of rotatable bonds is 6. The summed E-state index contributed by atoms with van der Waals surface area (Å²) in [5.74, 6) is -0.520. The van der Waals surface area contributed by atoms with Crippen molar-refractivity contribution in [2.75, 3.05) is 0 Å². The van der Waals surface area contributed by atoms with Crippen molar-refractivity contribution in [2.45, 2.75) is 32.7 Å². The van der Waals surface area contributed by atoms with Crippen molar-refractivity contribution in [1.29, 1.82) is 0 Å². The molecule has 1 rings (SSSR count). The van der Waals surface area contributed by atoms with Crippen LogP contribution in [0.15, 0.2) is 19.1 Å². The predicted molar refractivity (Wildman–Crippen MR) is 60.0 cm³/mol. The quantitative estimate of drug-likeness (QED) is 0.568. The van der Waals surface area contributed by atoms with Crippen molar-refractivity contribution >= 4 is 11.5 Å².